The number of phenols is 1. The van der Waals surface area contributed by atoms with E-state index in [9.17, 15) is 14.7 Å². The third-order valence-corrected chi connectivity index (χ3v) is 4.22. The maximum Gasteiger partial charge on any atom is 0.321 e. The predicted octanol–water partition coefficient (Wildman–Crippen LogP) is 2.91. The number of benzene rings is 1. The molecule has 2 amide bonds. The van der Waals surface area contributed by atoms with Crippen molar-refractivity contribution in [3.8, 4) is 5.75 Å². The minimum atomic E-state index is -0.168. The number of aromatic hydroxyl groups is 1. The second-order valence-electron chi connectivity index (χ2n) is 5.84. The molecule has 2 aromatic rings. The number of carbonyl (C=O) groups is 2. The summed E-state index contributed by atoms with van der Waals surface area (Å²) in [5, 5.41) is 12.1. The van der Waals surface area contributed by atoms with Crippen molar-refractivity contribution in [1.82, 2.24) is 9.88 Å². The number of hydrogen-bond acceptors (Lipinski definition) is 4. The lowest BCUT2D eigenvalue weighted by Crippen LogP contribution is -2.42. The number of anilines is 1. The molecular weight excluding hydrogens is 306 g/mol. The third kappa shape index (κ3) is 3.71. The molecule has 1 fully saturated rings. The van der Waals surface area contributed by atoms with Crippen molar-refractivity contribution in [2.75, 3.05) is 18.4 Å². The van der Waals surface area contributed by atoms with E-state index < -0.39 is 0 Å². The number of hydrogen-bond donors (Lipinski definition) is 2. The lowest BCUT2D eigenvalue weighted by molar-refractivity contribution is 0.0859. The van der Waals surface area contributed by atoms with Crippen LogP contribution in [0.3, 0.4) is 0 Å². The first-order valence-corrected chi connectivity index (χ1v) is 7.92. The monoisotopic (exact) mass is 325 g/mol. The molecule has 1 aromatic carbocycles. The van der Waals surface area contributed by atoms with Crippen LogP contribution >= 0.6 is 0 Å². The second kappa shape index (κ2) is 7.12. The number of likely N-dealkylation sites (tertiary alicyclic amines) is 1. The van der Waals surface area contributed by atoms with Crippen LogP contribution in [0.15, 0.2) is 48.8 Å². The molecule has 0 bridgehead atoms. The minimum Gasteiger partial charge on any atom is -0.508 e. The molecule has 6 heteroatoms. The van der Waals surface area contributed by atoms with Gasteiger partial charge < -0.3 is 15.3 Å². The van der Waals surface area contributed by atoms with E-state index >= 15 is 0 Å². The highest BCUT2D eigenvalue weighted by atomic mass is 16.3. The summed E-state index contributed by atoms with van der Waals surface area (Å²) in [6, 6.07) is 9.69. The van der Waals surface area contributed by atoms with Gasteiger partial charge in [0.2, 0.25) is 0 Å². The van der Waals surface area contributed by atoms with Crippen LogP contribution in [-0.2, 0) is 0 Å². The number of amides is 2. The van der Waals surface area contributed by atoms with Crippen molar-refractivity contribution in [1.29, 1.82) is 0 Å². The Balaban J connectivity index is 1.54. The Kier molecular flexibility index (Phi) is 4.74. The maximum atomic E-state index is 12.5. The normalized spacial score (nSPS) is 15.1. The fourth-order valence-electron chi connectivity index (χ4n) is 2.85. The summed E-state index contributed by atoms with van der Waals surface area (Å²) in [5.74, 6) is 0.132. The number of Topliss-reactive ketones (excluding diaryl/α,β-unsaturated/α-hetero) is 1. The van der Waals surface area contributed by atoms with Gasteiger partial charge in [-0.1, -0.05) is 0 Å². The molecule has 0 spiro atoms. The zero-order chi connectivity index (χ0) is 16.9. The Hall–Kier alpha value is -2.89. The van der Waals surface area contributed by atoms with Gasteiger partial charge in [-0.15, -0.1) is 0 Å². The van der Waals surface area contributed by atoms with Gasteiger partial charge >= 0.3 is 6.03 Å². The molecule has 124 valence electrons. The van der Waals surface area contributed by atoms with Crippen LogP contribution in [0.25, 0.3) is 0 Å². The van der Waals surface area contributed by atoms with Gasteiger partial charge in [-0.3, -0.25) is 9.78 Å². The average molecular weight is 325 g/mol. The summed E-state index contributed by atoms with van der Waals surface area (Å²) < 4.78 is 0. The predicted molar refractivity (Wildman–Crippen MR) is 90.0 cm³/mol. The summed E-state index contributed by atoms with van der Waals surface area (Å²) in [6.45, 7) is 1.08. The highest BCUT2D eigenvalue weighted by molar-refractivity contribution is 5.98. The molecular formula is C18H19N3O3. The van der Waals surface area contributed by atoms with E-state index in [4.69, 9.17) is 0 Å². The zero-order valence-electron chi connectivity index (χ0n) is 13.2. The molecule has 1 aliphatic rings. The molecule has 2 N–H and O–H groups in total. The van der Waals surface area contributed by atoms with Crippen LogP contribution in [0, 0.1) is 5.92 Å². The van der Waals surface area contributed by atoms with Gasteiger partial charge in [0.25, 0.3) is 0 Å². The molecule has 6 nitrogen and oxygen atoms in total. The van der Waals surface area contributed by atoms with Gasteiger partial charge in [-0.25, -0.2) is 4.79 Å². The Morgan fingerprint density at radius 3 is 2.46 bits per heavy atom. The van der Waals surface area contributed by atoms with Crippen LogP contribution in [0.5, 0.6) is 5.75 Å². The van der Waals surface area contributed by atoms with Crippen LogP contribution in [0.2, 0.25) is 0 Å². The summed E-state index contributed by atoms with van der Waals surface area (Å²) in [6.07, 6.45) is 4.52. The Morgan fingerprint density at radius 1 is 1.12 bits per heavy atom. The average Bonchev–Trinajstić information content (AvgIpc) is 2.63. The molecule has 24 heavy (non-hydrogen) atoms. The van der Waals surface area contributed by atoms with Crippen molar-refractivity contribution in [2.45, 2.75) is 12.8 Å². The van der Waals surface area contributed by atoms with E-state index in [0.29, 0.717) is 37.2 Å². The number of urea groups is 1. The highest BCUT2D eigenvalue weighted by Crippen LogP contribution is 2.23. The number of rotatable bonds is 3. The molecule has 0 unspecified atom stereocenters. The van der Waals surface area contributed by atoms with Gasteiger partial charge in [-0.2, -0.15) is 0 Å². The molecule has 0 saturated carbocycles. The number of phenolic OH excluding ortho intramolecular Hbond substituents is 1. The number of piperidine rings is 1. The lowest BCUT2D eigenvalue weighted by Gasteiger charge is -2.31. The smallest absolute Gasteiger partial charge is 0.321 e. The van der Waals surface area contributed by atoms with Crippen molar-refractivity contribution in [3.05, 3.63) is 54.4 Å². The van der Waals surface area contributed by atoms with Crippen LogP contribution in [-0.4, -0.2) is 39.9 Å². The highest BCUT2D eigenvalue weighted by Gasteiger charge is 2.28. The van der Waals surface area contributed by atoms with E-state index in [1.165, 1.54) is 12.1 Å². The van der Waals surface area contributed by atoms with Crippen molar-refractivity contribution in [2.24, 2.45) is 5.92 Å². The van der Waals surface area contributed by atoms with Crippen molar-refractivity contribution < 1.29 is 14.7 Å². The first kappa shape index (κ1) is 16.0. The summed E-state index contributed by atoms with van der Waals surface area (Å²) >= 11 is 0. The quantitative estimate of drug-likeness (QED) is 0.850. The molecule has 1 aromatic heterocycles. The molecule has 0 atom stereocenters. The Morgan fingerprint density at radius 2 is 1.83 bits per heavy atom. The van der Waals surface area contributed by atoms with Crippen molar-refractivity contribution >= 4 is 17.5 Å². The first-order valence-electron chi connectivity index (χ1n) is 7.92. The third-order valence-electron chi connectivity index (χ3n) is 4.22. The Bertz CT molecular complexity index is 708. The van der Waals surface area contributed by atoms with E-state index in [1.54, 1.807) is 41.6 Å². The second-order valence-corrected chi connectivity index (χ2v) is 5.84. The SMILES string of the molecule is O=C(c1ccc(O)cc1)C1CCN(C(=O)Nc2cccnc2)CC1. The van der Waals surface area contributed by atoms with Gasteiger partial charge in [0, 0.05) is 30.8 Å². The largest absolute Gasteiger partial charge is 0.508 e. The van der Waals surface area contributed by atoms with Crippen LogP contribution < -0.4 is 5.32 Å². The number of nitrogens with one attached hydrogen (secondary N) is 1. The van der Waals surface area contributed by atoms with Gasteiger partial charge in [0.1, 0.15) is 5.75 Å². The molecule has 1 saturated heterocycles. The van der Waals surface area contributed by atoms with E-state index in [1.807, 2.05) is 0 Å². The van der Waals surface area contributed by atoms with Crippen molar-refractivity contribution in [3.63, 3.8) is 0 Å². The van der Waals surface area contributed by atoms with Gasteiger partial charge in [0.05, 0.1) is 11.9 Å². The van der Waals surface area contributed by atoms with Crippen LogP contribution in [0.1, 0.15) is 23.2 Å². The number of nitrogens with zero attached hydrogens (tertiary/aromatic N) is 2. The number of ketones is 1. The zero-order valence-corrected chi connectivity index (χ0v) is 13.2. The standard InChI is InChI=1S/C18H19N3O3/c22-16-5-3-13(4-6-16)17(23)14-7-10-21(11-8-14)18(24)20-15-2-1-9-19-12-15/h1-6,9,12,14,22H,7-8,10-11H2,(H,20,24). The number of pyridine rings is 1. The molecule has 3 rings (SSSR count). The maximum absolute atomic E-state index is 12.5. The van der Waals surface area contributed by atoms with E-state index in [-0.39, 0.29) is 23.5 Å². The molecule has 0 radical (unpaired) electrons. The minimum absolute atomic E-state index is 0.0716. The summed E-state index contributed by atoms with van der Waals surface area (Å²) in [5.41, 5.74) is 1.26. The topological polar surface area (TPSA) is 82.5 Å². The van der Waals surface area contributed by atoms with Gasteiger partial charge in [-0.05, 0) is 49.2 Å². The molecule has 2 heterocycles. The van der Waals surface area contributed by atoms with E-state index in [0.717, 1.165) is 0 Å². The lowest BCUT2D eigenvalue weighted by atomic mass is 9.89. The van der Waals surface area contributed by atoms with Crippen LogP contribution in [0.4, 0.5) is 10.5 Å². The first-order chi connectivity index (χ1) is 11.6. The fraction of sp³-hybridized carbons (Fsp3) is 0.278. The Labute approximate surface area is 140 Å². The van der Waals surface area contributed by atoms with E-state index in [2.05, 4.69) is 10.3 Å². The fourth-order valence-corrected chi connectivity index (χ4v) is 2.85. The summed E-state index contributed by atoms with van der Waals surface area (Å²) in [7, 11) is 0. The number of aromatic nitrogens is 1. The molecule has 0 aliphatic carbocycles. The molecule has 1 aliphatic heterocycles. The number of carbonyl (C=O) groups excluding carboxylic acids is 2. The summed E-state index contributed by atoms with van der Waals surface area (Å²) in [4.78, 5) is 30.4. The van der Waals surface area contributed by atoms with Gasteiger partial charge in [0.15, 0.2) is 5.78 Å².